The SMILES string of the molecule is COc1cccc(SCC(=O)NCCC(C)(C)C(=O)O)c1. The summed E-state index contributed by atoms with van der Waals surface area (Å²) < 4.78 is 5.12. The maximum Gasteiger partial charge on any atom is 0.309 e. The van der Waals surface area contributed by atoms with Crippen LogP contribution in [0.25, 0.3) is 0 Å². The number of carbonyl (C=O) groups excluding carboxylic acids is 1. The fourth-order valence-corrected chi connectivity index (χ4v) is 2.29. The first-order valence-corrected chi connectivity index (χ1v) is 7.60. The van der Waals surface area contributed by atoms with E-state index in [1.165, 1.54) is 11.8 Å². The summed E-state index contributed by atoms with van der Waals surface area (Å²) in [5.74, 6) is 0.0795. The van der Waals surface area contributed by atoms with Crippen molar-refractivity contribution in [2.75, 3.05) is 19.4 Å². The molecule has 2 N–H and O–H groups in total. The van der Waals surface area contributed by atoms with Crippen LogP contribution in [0.1, 0.15) is 20.3 Å². The quantitative estimate of drug-likeness (QED) is 0.721. The maximum absolute atomic E-state index is 11.7. The summed E-state index contributed by atoms with van der Waals surface area (Å²) in [5, 5.41) is 11.7. The van der Waals surface area contributed by atoms with Crippen LogP contribution in [0.2, 0.25) is 0 Å². The number of ether oxygens (including phenoxy) is 1. The van der Waals surface area contributed by atoms with E-state index < -0.39 is 11.4 Å². The summed E-state index contributed by atoms with van der Waals surface area (Å²) in [4.78, 5) is 23.6. The number of amides is 1. The number of benzene rings is 1. The zero-order valence-corrected chi connectivity index (χ0v) is 13.3. The fourth-order valence-electron chi connectivity index (χ4n) is 1.51. The molecule has 0 aliphatic rings. The Hall–Kier alpha value is -1.69. The van der Waals surface area contributed by atoms with Gasteiger partial charge < -0.3 is 15.2 Å². The van der Waals surface area contributed by atoms with Gasteiger partial charge in [-0.25, -0.2) is 0 Å². The lowest BCUT2D eigenvalue weighted by Gasteiger charge is -2.18. The van der Waals surface area contributed by atoms with Crippen molar-refractivity contribution in [1.29, 1.82) is 0 Å². The van der Waals surface area contributed by atoms with E-state index in [4.69, 9.17) is 9.84 Å². The topological polar surface area (TPSA) is 75.6 Å². The molecule has 1 aromatic carbocycles. The van der Waals surface area contributed by atoms with Gasteiger partial charge in [0.05, 0.1) is 18.3 Å². The first-order chi connectivity index (χ1) is 9.85. The van der Waals surface area contributed by atoms with E-state index in [2.05, 4.69) is 5.32 Å². The highest BCUT2D eigenvalue weighted by molar-refractivity contribution is 8.00. The monoisotopic (exact) mass is 311 g/mol. The van der Waals surface area contributed by atoms with Gasteiger partial charge in [-0.3, -0.25) is 9.59 Å². The highest BCUT2D eigenvalue weighted by Crippen LogP contribution is 2.22. The van der Waals surface area contributed by atoms with Crippen LogP contribution in [-0.4, -0.2) is 36.4 Å². The summed E-state index contributed by atoms with van der Waals surface area (Å²) in [7, 11) is 1.60. The minimum atomic E-state index is -0.859. The predicted octanol–water partition coefficient (Wildman–Crippen LogP) is 2.40. The minimum Gasteiger partial charge on any atom is -0.497 e. The van der Waals surface area contributed by atoms with Crippen LogP contribution in [0.3, 0.4) is 0 Å². The molecule has 0 atom stereocenters. The van der Waals surface area contributed by atoms with Crippen molar-refractivity contribution in [2.24, 2.45) is 5.41 Å². The Bertz CT molecular complexity index is 502. The molecule has 5 nitrogen and oxygen atoms in total. The van der Waals surface area contributed by atoms with Gasteiger partial charge in [-0.2, -0.15) is 0 Å². The molecule has 0 spiro atoms. The number of nitrogens with one attached hydrogen (secondary N) is 1. The highest BCUT2D eigenvalue weighted by atomic mass is 32.2. The summed E-state index contributed by atoms with van der Waals surface area (Å²) in [5.41, 5.74) is -0.826. The number of hydrogen-bond acceptors (Lipinski definition) is 4. The molecule has 21 heavy (non-hydrogen) atoms. The largest absolute Gasteiger partial charge is 0.497 e. The van der Waals surface area contributed by atoms with Gasteiger partial charge in [-0.15, -0.1) is 11.8 Å². The summed E-state index contributed by atoms with van der Waals surface area (Å²) in [6.45, 7) is 3.65. The van der Waals surface area contributed by atoms with Gasteiger partial charge in [0.25, 0.3) is 0 Å². The lowest BCUT2D eigenvalue weighted by Crippen LogP contribution is -2.32. The summed E-state index contributed by atoms with van der Waals surface area (Å²) in [6.07, 6.45) is 0.401. The zero-order valence-electron chi connectivity index (χ0n) is 12.5. The van der Waals surface area contributed by atoms with Crippen LogP contribution in [-0.2, 0) is 9.59 Å². The van der Waals surface area contributed by atoms with E-state index in [0.717, 1.165) is 10.6 Å². The maximum atomic E-state index is 11.7. The number of carboxylic acid groups (broad SMARTS) is 1. The third-order valence-electron chi connectivity index (χ3n) is 3.06. The van der Waals surface area contributed by atoms with Crippen LogP contribution in [0.5, 0.6) is 5.75 Å². The fraction of sp³-hybridized carbons (Fsp3) is 0.467. The van der Waals surface area contributed by atoms with Crippen molar-refractivity contribution in [3.63, 3.8) is 0 Å². The van der Waals surface area contributed by atoms with E-state index >= 15 is 0 Å². The third kappa shape index (κ3) is 6.08. The van der Waals surface area contributed by atoms with Crippen molar-refractivity contribution < 1.29 is 19.4 Å². The average molecular weight is 311 g/mol. The minimum absolute atomic E-state index is 0.107. The molecular formula is C15H21NO4S. The van der Waals surface area contributed by atoms with Crippen LogP contribution < -0.4 is 10.1 Å². The predicted molar refractivity (Wildman–Crippen MR) is 82.8 cm³/mol. The van der Waals surface area contributed by atoms with Gasteiger partial charge in [0.15, 0.2) is 0 Å². The normalized spacial score (nSPS) is 11.0. The van der Waals surface area contributed by atoms with Crippen LogP contribution in [0.15, 0.2) is 29.2 Å². The Morgan fingerprint density at radius 1 is 1.38 bits per heavy atom. The average Bonchev–Trinajstić information content (AvgIpc) is 2.45. The molecule has 0 aliphatic heterocycles. The lowest BCUT2D eigenvalue weighted by atomic mass is 9.90. The van der Waals surface area contributed by atoms with Gasteiger partial charge in [0.1, 0.15) is 5.75 Å². The highest BCUT2D eigenvalue weighted by Gasteiger charge is 2.26. The Labute approximate surface area is 129 Å². The first kappa shape index (κ1) is 17.4. The smallest absolute Gasteiger partial charge is 0.309 e. The van der Waals surface area contributed by atoms with Crippen molar-refractivity contribution in [2.45, 2.75) is 25.2 Å². The van der Waals surface area contributed by atoms with Crippen molar-refractivity contribution >= 4 is 23.6 Å². The molecule has 0 aliphatic carbocycles. The molecular weight excluding hydrogens is 290 g/mol. The molecule has 6 heteroatoms. The Morgan fingerprint density at radius 3 is 2.71 bits per heavy atom. The van der Waals surface area contributed by atoms with Crippen molar-refractivity contribution in [1.82, 2.24) is 5.32 Å². The van der Waals surface area contributed by atoms with Gasteiger partial charge in [-0.05, 0) is 38.5 Å². The van der Waals surface area contributed by atoms with Crippen molar-refractivity contribution in [3.8, 4) is 5.75 Å². The molecule has 116 valence electrons. The molecule has 1 rings (SSSR count). The molecule has 0 fully saturated rings. The molecule has 0 bridgehead atoms. The number of carboxylic acids is 1. The second kappa shape index (κ2) is 7.93. The van der Waals surface area contributed by atoms with E-state index in [1.807, 2.05) is 24.3 Å². The lowest BCUT2D eigenvalue weighted by molar-refractivity contribution is -0.147. The second-order valence-corrected chi connectivity index (χ2v) is 6.31. The Balaban J connectivity index is 2.33. The summed E-state index contributed by atoms with van der Waals surface area (Å²) in [6, 6.07) is 7.49. The van der Waals surface area contributed by atoms with Crippen LogP contribution in [0.4, 0.5) is 0 Å². The Morgan fingerprint density at radius 2 is 2.10 bits per heavy atom. The number of hydrogen-bond donors (Lipinski definition) is 2. The Kier molecular flexibility index (Phi) is 6.55. The molecule has 1 aromatic rings. The molecule has 0 aromatic heterocycles. The number of carbonyl (C=O) groups is 2. The van der Waals surface area contributed by atoms with E-state index in [0.29, 0.717) is 18.7 Å². The first-order valence-electron chi connectivity index (χ1n) is 6.62. The van der Waals surface area contributed by atoms with Gasteiger partial charge in [-0.1, -0.05) is 6.07 Å². The molecule has 0 heterocycles. The van der Waals surface area contributed by atoms with E-state index in [1.54, 1.807) is 21.0 Å². The second-order valence-electron chi connectivity index (χ2n) is 5.26. The zero-order chi connectivity index (χ0) is 15.9. The van der Waals surface area contributed by atoms with Crippen LogP contribution >= 0.6 is 11.8 Å². The molecule has 0 saturated carbocycles. The third-order valence-corrected chi connectivity index (χ3v) is 4.06. The number of aliphatic carboxylic acids is 1. The van der Waals surface area contributed by atoms with Crippen LogP contribution in [0, 0.1) is 5.41 Å². The van der Waals surface area contributed by atoms with Gasteiger partial charge >= 0.3 is 5.97 Å². The van der Waals surface area contributed by atoms with E-state index in [9.17, 15) is 9.59 Å². The van der Waals surface area contributed by atoms with Gasteiger partial charge in [0.2, 0.25) is 5.91 Å². The number of methoxy groups -OCH3 is 1. The molecule has 0 unspecified atom stereocenters. The van der Waals surface area contributed by atoms with Crippen molar-refractivity contribution in [3.05, 3.63) is 24.3 Å². The summed E-state index contributed by atoms with van der Waals surface area (Å²) >= 11 is 1.41. The van der Waals surface area contributed by atoms with Gasteiger partial charge in [0, 0.05) is 11.4 Å². The standard InChI is InChI=1S/C15H21NO4S/c1-15(2,14(18)19)7-8-16-13(17)10-21-12-6-4-5-11(9-12)20-3/h4-6,9H,7-8,10H2,1-3H3,(H,16,17)(H,18,19). The number of rotatable bonds is 8. The molecule has 0 saturated heterocycles. The number of thioether (sulfide) groups is 1. The molecule has 1 amide bonds. The molecule has 0 radical (unpaired) electrons. The van der Waals surface area contributed by atoms with E-state index in [-0.39, 0.29) is 5.91 Å².